The molecule has 0 radical (unpaired) electrons. The highest BCUT2D eigenvalue weighted by Crippen LogP contribution is 2.34. The Morgan fingerprint density at radius 1 is 1.22 bits per heavy atom. The highest BCUT2D eigenvalue weighted by molar-refractivity contribution is 5.92. The molecule has 0 bridgehead atoms. The predicted molar refractivity (Wildman–Crippen MR) is 75.7 cm³/mol. The molecule has 1 saturated carbocycles. The number of rotatable bonds is 5. The van der Waals surface area contributed by atoms with Crippen LogP contribution in [0.25, 0.3) is 0 Å². The molecule has 1 fully saturated rings. The van der Waals surface area contributed by atoms with Crippen LogP contribution in [0.5, 0.6) is 0 Å². The Kier molecular flexibility index (Phi) is 3.90. The monoisotopic (exact) mass is 246 g/mol. The van der Waals surface area contributed by atoms with Gasteiger partial charge < -0.3 is 10.6 Å². The topological polar surface area (TPSA) is 41.1 Å². The fourth-order valence-corrected chi connectivity index (χ4v) is 1.95. The normalized spacial score (nSPS) is 16.4. The van der Waals surface area contributed by atoms with Gasteiger partial charge in [0.2, 0.25) is 5.91 Å². The first-order valence-electron chi connectivity index (χ1n) is 6.73. The first kappa shape index (κ1) is 12.9. The van der Waals surface area contributed by atoms with E-state index in [9.17, 15) is 4.79 Å². The Morgan fingerprint density at radius 2 is 1.89 bits per heavy atom. The number of nitrogens with one attached hydrogen (secondary N) is 2. The maximum absolute atomic E-state index is 11.6. The van der Waals surface area contributed by atoms with Crippen molar-refractivity contribution in [2.45, 2.75) is 39.7 Å². The van der Waals surface area contributed by atoms with Crippen LogP contribution in [0.2, 0.25) is 0 Å². The van der Waals surface area contributed by atoms with Crippen LogP contribution in [0, 0.1) is 11.8 Å². The van der Waals surface area contributed by atoms with Gasteiger partial charge >= 0.3 is 0 Å². The highest BCUT2D eigenvalue weighted by atomic mass is 16.1. The van der Waals surface area contributed by atoms with E-state index >= 15 is 0 Å². The smallest absolute Gasteiger partial charge is 0.226 e. The second-order valence-corrected chi connectivity index (χ2v) is 5.50. The summed E-state index contributed by atoms with van der Waals surface area (Å²) in [4.78, 5) is 11.6. The molecule has 1 aromatic rings. The lowest BCUT2D eigenvalue weighted by atomic mass is 10.2. The van der Waals surface area contributed by atoms with Crippen LogP contribution in [-0.4, -0.2) is 11.9 Å². The van der Waals surface area contributed by atoms with E-state index in [1.807, 2.05) is 38.1 Å². The van der Waals surface area contributed by atoms with E-state index in [0.29, 0.717) is 6.04 Å². The Hall–Kier alpha value is -1.51. The number of hydrogen-bond donors (Lipinski definition) is 2. The number of amides is 1. The molecule has 1 amide bonds. The van der Waals surface area contributed by atoms with Gasteiger partial charge in [0.1, 0.15) is 0 Å². The number of carbonyl (C=O) groups is 1. The lowest BCUT2D eigenvalue weighted by Gasteiger charge is -2.15. The molecular formula is C15H22N2O. The Bertz CT molecular complexity index is 424. The molecule has 0 aromatic heterocycles. The second-order valence-electron chi connectivity index (χ2n) is 5.50. The van der Waals surface area contributed by atoms with Crippen LogP contribution in [0.1, 0.15) is 33.6 Å². The summed E-state index contributed by atoms with van der Waals surface area (Å²) in [6, 6.07) is 8.45. The van der Waals surface area contributed by atoms with E-state index in [4.69, 9.17) is 0 Å². The van der Waals surface area contributed by atoms with Gasteiger partial charge in [-0.2, -0.15) is 0 Å². The Balaban J connectivity index is 1.98. The fraction of sp³-hybridized carbons (Fsp3) is 0.533. The van der Waals surface area contributed by atoms with E-state index in [-0.39, 0.29) is 11.8 Å². The van der Waals surface area contributed by atoms with Gasteiger partial charge in [-0.1, -0.05) is 19.9 Å². The molecule has 1 aliphatic carbocycles. The molecule has 0 spiro atoms. The van der Waals surface area contributed by atoms with Crippen molar-refractivity contribution in [2.75, 3.05) is 10.6 Å². The van der Waals surface area contributed by atoms with Gasteiger partial charge in [-0.3, -0.25) is 4.79 Å². The average Bonchev–Trinajstić information content (AvgIpc) is 3.12. The van der Waals surface area contributed by atoms with E-state index in [1.54, 1.807) is 0 Å². The second kappa shape index (κ2) is 5.42. The summed E-state index contributed by atoms with van der Waals surface area (Å²) in [5.74, 6) is 0.883. The number of anilines is 2. The van der Waals surface area contributed by atoms with Gasteiger partial charge in [-0.05, 0) is 43.9 Å². The molecule has 98 valence electrons. The minimum Gasteiger partial charge on any atom is -0.382 e. The summed E-state index contributed by atoms with van der Waals surface area (Å²) < 4.78 is 0. The molecule has 2 rings (SSSR count). The van der Waals surface area contributed by atoms with E-state index in [0.717, 1.165) is 17.3 Å². The maximum Gasteiger partial charge on any atom is 0.226 e. The SMILES string of the molecule is CC(C)C(=O)Nc1cccc(NC(C)C2CC2)c1. The molecule has 0 saturated heterocycles. The number of benzene rings is 1. The van der Waals surface area contributed by atoms with E-state index in [1.165, 1.54) is 12.8 Å². The first-order valence-corrected chi connectivity index (χ1v) is 6.73. The van der Waals surface area contributed by atoms with E-state index < -0.39 is 0 Å². The highest BCUT2D eigenvalue weighted by Gasteiger charge is 2.27. The van der Waals surface area contributed by atoms with Gasteiger partial charge in [-0.15, -0.1) is 0 Å². The third-order valence-electron chi connectivity index (χ3n) is 3.38. The molecule has 0 heterocycles. The van der Waals surface area contributed by atoms with Crippen LogP contribution in [0.15, 0.2) is 24.3 Å². The Morgan fingerprint density at radius 3 is 2.50 bits per heavy atom. The summed E-state index contributed by atoms with van der Waals surface area (Å²) in [5, 5.41) is 6.42. The largest absolute Gasteiger partial charge is 0.382 e. The molecule has 3 nitrogen and oxygen atoms in total. The molecule has 1 aromatic carbocycles. The molecule has 1 aliphatic rings. The lowest BCUT2D eigenvalue weighted by Crippen LogP contribution is -2.19. The zero-order valence-corrected chi connectivity index (χ0v) is 11.4. The van der Waals surface area contributed by atoms with Crippen LogP contribution in [0.3, 0.4) is 0 Å². The standard InChI is InChI=1S/C15H22N2O/c1-10(2)15(18)17-14-6-4-5-13(9-14)16-11(3)12-7-8-12/h4-6,9-12,16H,7-8H2,1-3H3,(H,17,18). The van der Waals surface area contributed by atoms with Crippen LogP contribution in [0.4, 0.5) is 11.4 Å². The van der Waals surface area contributed by atoms with Crippen LogP contribution in [-0.2, 0) is 4.79 Å². The molecular weight excluding hydrogens is 224 g/mol. The van der Waals surface area contributed by atoms with Crippen LogP contribution < -0.4 is 10.6 Å². The first-order chi connectivity index (χ1) is 8.56. The van der Waals surface area contributed by atoms with Crippen molar-refractivity contribution in [3.63, 3.8) is 0 Å². The molecule has 1 atom stereocenters. The third-order valence-corrected chi connectivity index (χ3v) is 3.38. The molecule has 2 N–H and O–H groups in total. The fourth-order valence-electron chi connectivity index (χ4n) is 1.95. The maximum atomic E-state index is 11.6. The van der Waals surface area contributed by atoms with Crippen LogP contribution >= 0.6 is 0 Å². The van der Waals surface area contributed by atoms with Crippen molar-refractivity contribution in [3.8, 4) is 0 Å². The zero-order valence-electron chi connectivity index (χ0n) is 11.4. The number of carbonyl (C=O) groups excluding carboxylic acids is 1. The van der Waals surface area contributed by atoms with Crippen molar-refractivity contribution >= 4 is 17.3 Å². The minimum absolute atomic E-state index is 0.00648. The zero-order chi connectivity index (χ0) is 13.1. The molecule has 1 unspecified atom stereocenters. The van der Waals surface area contributed by atoms with Gasteiger partial charge in [0.15, 0.2) is 0 Å². The van der Waals surface area contributed by atoms with E-state index in [2.05, 4.69) is 17.6 Å². The summed E-state index contributed by atoms with van der Waals surface area (Å²) in [6.45, 7) is 6.01. The van der Waals surface area contributed by atoms with Gasteiger partial charge in [0.05, 0.1) is 0 Å². The summed E-state index contributed by atoms with van der Waals surface area (Å²) >= 11 is 0. The molecule has 0 aliphatic heterocycles. The number of hydrogen-bond acceptors (Lipinski definition) is 2. The van der Waals surface area contributed by atoms with Crippen molar-refractivity contribution < 1.29 is 4.79 Å². The quantitative estimate of drug-likeness (QED) is 0.835. The average molecular weight is 246 g/mol. The summed E-state index contributed by atoms with van der Waals surface area (Å²) in [5.41, 5.74) is 1.94. The predicted octanol–water partition coefficient (Wildman–Crippen LogP) is 3.49. The third kappa shape index (κ3) is 3.49. The van der Waals surface area contributed by atoms with Crippen molar-refractivity contribution in [3.05, 3.63) is 24.3 Å². The van der Waals surface area contributed by atoms with Gasteiger partial charge in [0, 0.05) is 23.3 Å². The van der Waals surface area contributed by atoms with Gasteiger partial charge in [0.25, 0.3) is 0 Å². The van der Waals surface area contributed by atoms with Gasteiger partial charge in [-0.25, -0.2) is 0 Å². The summed E-state index contributed by atoms with van der Waals surface area (Å²) in [6.07, 6.45) is 2.66. The van der Waals surface area contributed by atoms with Crippen molar-refractivity contribution in [1.29, 1.82) is 0 Å². The molecule has 18 heavy (non-hydrogen) atoms. The Labute approximate surface area is 109 Å². The lowest BCUT2D eigenvalue weighted by molar-refractivity contribution is -0.118. The minimum atomic E-state index is 0.00648. The molecule has 3 heteroatoms. The van der Waals surface area contributed by atoms with Crippen molar-refractivity contribution in [2.24, 2.45) is 11.8 Å². The summed E-state index contributed by atoms with van der Waals surface area (Å²) in [7, 11) is 0. The van der Waals surface area contributed by atoms with Crippen molar-refractivity contribution in [1.82, 2.24) is 0 Å².